The lowest BCUT2D eigenvalue weighted by Gasteiger charge is -2.26. The van der Waals surface area contributed by atoms with Gasteiger partial charge in [0.05, 0.1) is 22.4 Å². The normalized spacial score (nSPS) is 12.2. The highest BCUT2D eigenvalue weighted by atomic mass is 16.5. The van der Waals surface area contributed by atoms with E-state index in [0.29, 0.717) is 17.3 Å². The first-order chi connectivity index (χ1) is 45.6. The summed E-state index contributed by atoms with van der Waals surface area (Å²) in [6.45, 7) is 27.3. The van der Waals surface area contributed by atoms with E-state index in [1.54, 1.807) is 0 Å². The lowest BCUT2D eigenvalue weighted by molar-refractivity contribution is -0.660. The Morgan fingerprint density at radius 1 is 0.347 bits per heavy atom. The Labute approximate surface area is 560 Å². The van der Waals surface area contributed by atoms with Crippen LogP contribution >= 0.6 is 0 Å². The zero-order valence-corrected chi connectivity index (χ0v) is 56.6. The van der Waals surface area contributed by atoms with Crippen LogP contribution in [0.1, 0.15) is 105 Å². The average molecular weight is 1240 g/mol. The van der Waals surface area contributed by atoms with Crippen molar-refractivity contribution in [1.29, 1.82) is 0 Å². The summed E-state index contributed by atoms with van der Waals surface area (Å²) in [5.41, 5.74) is 22.4. The van der Waals surface area contributed by atoms with Crippen LogP contribution in [0.15, 0.2) is 273 Å². The maximum Gasteiger partial charge on any atom is 0.273 e. The third-order valence-electron chi connectivity index (χ3n) is 18.5. The molecule has 0 radical (unpaired) electrons. The van der Waals surface area contributed by atoms with E-state index in [1.807, 2.05) is 16.9 Å². The van der Waals surface area contributed by atoms with Crippen molar-refractivity contribution < 1.29 is 9.42 Å². The number of hydrogen-bond donors (Lipinski definition) is 0. The second kappa shape index (κ2) is 24.3. The maximum absolute atomic E-state index is 7.15. The van der Waals surface area contributed by atoms with Crippen LogP contribution in [0.2, 0.25) is 0 Å². The molecule has 468 valence electrons. The fraction of sp³-hybridized carbons (Fsp3) is 0.180. The van der Waals surface area contributed by atoms with Gasteiger partial charge in [-0.1, -0.05) is 259 Å². The minimum absolute atomic E-state index is 0.0406. The van der Waals surface area contributed by atoms with E-state index in [2.05, 4.69) is 359 Å². The predicted molar refractivity (Wildman–Crippen MR) is 395 cm³/mol. The molecule has 0 unspecified atom stereocenters. The van der Waals surface area contributed by atoms with Crippen molar-refractivity contribution in [3.63, 3.8) is 0 Å². The van der Waals surface area contributed by atoms with Crippen molar-refractivity contribution in [2.75, 3.05) is 0 Å². The minimum Gasteiger partial charge on any atom is -0.458 e. The largest absolute Gasteiger partial charge is 0.458 e. The molecule has 0 aliphatic carbocycles. The summed E-state index contributed by atoms with van der Waals surface area (Å²) >= 11 is 0. The van der Waals surface area contributed by atoms with E-state index in [1.165, 1.54) is 27.6 Å². The van der Waals surface area contributed by atoms with Crippen molar-refractivity contribution in [3.8, 4) is 107 Å². The van der Waals surface area contributed by atoms with Crippen LogP contribution in [0.5, 0.6) is 11.5 Å². The summed E-state index contributed by atoms with van der Waals surface area (Å²) in [5, 5.41) is 8.20. The van der Waals surface area contributed by atoms with Gasteiger partial charge >= 0.3 is 0 Å². The molecule has 6 nitrogen and oxygen atoms in total. The van der Waals surface area contributed by atoms with E-state index in [4.69, 9.17) is 14.8 Å². The summed E-state index contributed by atoms with van der Waals surface area (Å²) < 4.78 is 13.6. The Morgan fingerprint density at radius 2 is 0.811 bits per heavy atom. The van der Waals surface area contributed by atoms with E-state index in [9.17, 15) is 0 Å². The Bertz CT molecular complexity index is 4870. The zero-order valence-electron chi connectivity index (χ0n) is 56.6. The van der Waals surface area contributed by atoms with Crippen LogP contribution in [0.4, 0.5) is 0 Å². The van der Waals surface area contributed by atoms with E-state index >= 15 is 0 Å². The van der Waals surface area contributed by atoms with Crippen molar-refractivity contribution in [1.82, 2.24) is 19.2 Å². The van der Waals surface area contributed by atoms with Gasteiger partial charge in [-0.15, -0.1) is 5.10 Å². The Morgan fingerprint density at radius 3 is 1.31 bits per heavy atom. The molecule has 0 bridgehead atoms. The second-order valence-corrected chi connectivity index (χ2v) is 29.5. The van der Waals surface area contributed by atoms with E-state index < -0.39 is 0 Å². The van der Waals surface area contributed by atoms with Crippen molar-refractivity contribution >= 4 is 21.8 Å². The summed E-state index contributed by atoms with van der Waals surface area (Å²) in [6.07, 6.45) is 5.86. The molecule has 0 fully saturated rings. The van der Waals surface area contributed by atoms with Crippen molar-refractivity contribution in [2.24, 2.45) is 0 Å². The highest BCUT2D eigenvalue weighted by Crippen LogP contribution is 2.46. The summed E-state index contributed by atoms with van der Waals surface area (Å²) in [7, 11) is 0. The molecule has 6 heteroatoms. The lowest BCUT2D eigenvalue weighted by atomic mass is 9.80. The summed E-state index contributed by atoms with van der Waals surface area (Å²) in [5.74, 6) is 2.93. The van der Waals surface area contributed by atoms with Crippen LogP contribution in [0.3, 0.4) is 0 Å². The molecule has 95 heavy (non-hydrogen) atoms. The molecule has 0 N–H and O–H groups in total. The fourth-order valence-electron chi connectivity index (χ4n) is 13.0. The zero-order chi connectivity index (χ0) is 66.0. The number of fused-ring (bicyclic) bond motifs is 3. The van der Waals surface area contributed by atoms with Crippen molar-refractivity contribution in [3.05, 3.63) is 302 Å². The Balaban J connectivity index is 1.02. The van der Waals surface area contributed by atoms with Crippen LogP contribution < -0.4 is 9.42 Å². The number of aromatic nitrogens is 5. The molecule has 14 rings (SSSR count). The van der Waals surface area contributed by atoms with Gasteiger partial charge in [0.1, 0.15) is 17.3 Å². The Kier molecular flexibility index (Phi) is 15.8. The smallest absolute Gasteiger partial charge is 0.273 e. The van der Waals surface area contributed by atoms with Gasteiger partial charge in [0, 0.05) is 28.6 Å². The number of ether oxygens (including phenoxy) is 1. The molecular weight excluding hydrogens is 1160 g/mol. The maximum atomic E-state index is 7.15. The average Bonchev–Trinajstić information content (AvgIpc) is 1.64. The third kappa shape index (κ3) is 12.6. The van der Waals surface area contributed by atoms with Crippen molar-refractivity contribution in [2.45, 2.75) is 105 Å². The molecule has 0 spiro atoms. The van der Waals surface area contributed by atoms with Gasteiger partial charge in [0.2, 0.25) is 0 Å². The van der Waals surface area contributed by atoms with Gasteiger partial charge in [-0.3, -0.25) is 9.13 Å². The van der Waals surface area contributed by atoms with Crippen LogP contribution in [0.25, 0.3) is 117 Å². The summed E-state index contributed by atoms with van der Waals surface area (Å²) in [4.78, 5) is 5.05. The van der Waals surface area contributed by atoms with Gasteiger partial charge < -0.3 is 4.74 Å². The molecule has 3 heterocycles. The SMILES string of the molecule is CC(C)(C)c1cc(-[n+]2[c-]n(-c3cccc(Oc4ccc5c6cc(C(C)(C)C)ccc6n(-c6cc(C(C)(C)C)ccn6)c5c4)c3)c(-c3c(-c4cc(-c5ccccc5)cc(-c5ccccc5)c4)cccc3-c3cc(-c4ccccc4)cc(-c4ccccc4)c3)n2)cc(C(C)(C)C)c1. The number of nitrogens with zero attached hydrogens (tertiary/aromatic N) is 5. The molecule has 0 saturated heterocycles. The fourth-order valence-corrected chi connectivity index (χ4v) is 13.0. The van der Waals surface area contributed by atoms with Gasteiger partial charge in [-0.25, -0.2) is 4.98 Å². The molecule has 0 aliphatic heterocycles. The molecular formula is C89H81N5O. The molecule has 0 aliphatic rings. The molecule has 3 aromatic heterocycles. The number of benzene rings is 11. The summed E-state index contributed by atoms with van der Waals surface area (Å²) in [6, 6.07) is 96.7. The van der Waals surface area contributed by atoms with E-state index in [-0.39, 0.29) is 21.7 Å². The highest BCUT2D eigenvalue weighted by molar-refractivity contribution is 6.10. The van der Waals surface area contributed by atoms with Gasteiger partial charge in [0.25, 0.3) is 6.33 Å². The quantitative estimate of drug-likeness (QED) is 0.0905. The van der Waals surface area contributed by atoms with Gasteiger partial charge in [-0.2, -0.15) is 4.68 Å². The number of hydrogen-bond acceptors (Lipinski definition) is 3. The highest BCUT2D eigenvalue weighted by Gasteiger charge is 2.28. The molecule has 0 amide bonds. The monoisotopic (exact) mass is 1240 g/mol. The first-order valence-corrected chi connectivity index (χ1v) is 33.2. The van der Waals surface area contributed by atoms with Crippen LogP contribution in [0, 0.1) is 6.33 Å². The first kappa shape index (κ1) is 61.8. The number of rotatable bonds is 12. The Hall–Kier alpha value is -10.7. The predicted octanol–water partition coefficient (Wildman–Crippen LogP) is 23.1. The van der Waals surface area contributed by atoms with Crippen LogP contribution in [-0.4, -0.2) is 19.2 Å². The number of pyridine rings is 1. The first-order valence-electron chi connectivity index (χ1n) is 33.2. The molecule has 14 aromatic rings. The van der Waals surface area contributed by atoms with Crippen LogP contribution in [-0.2, 0) is 21.7 Å². The minimum atomic E-state index is -0.159. The molecule has 0 saturated carbocycles. The molecule has 0 atom stereocenters. The molecule has 11 aromatic carbocycles. The van der Waals surface area contributed by atoms with Gasteiger partial charge in [-0.05, 0) is 196 Å². The van der Waals surface area contributed by atoms with Gasteiger partial charge in [0.15, 0.2) is 5.82 Å². The topological polar surface area (TPSA) is 48.8 Å². The lowest BCUT2D eigenvalue weighted by Crippen LogP contribution is -2.34. The van der Waals surface area contributed by atoms with E-state index in [0.717, 1.165) is 106 Å². The standard InChI is InChI=1S/C89H81N5O/c1-86(2,3)69-39-42-81-80(54-69)79-41-40-76(57-82(79)94(81)83-55-70(43-44-90-83)87(4,5)6)95-75-36-25-35-73(56-75)92-58-93(74-52-71(88(7,8)9)51-72(53-74)89(10,11)12)91-85(92)84-77(67-47-63(59-27-17-13-18-28-59)45-64(48-67)60-29-19-14-20-30-60)37-26-38-78(84)68-49-65(61-31-21-15-22-32-61)46-66(50-68)62-33-23-16-24-34-62/h13-57H,1-12H3. The third-order valence-corrected chi connectivity index (χ3v) is 18.5. The second-order valence-electron chi connectivity index (χ2n) is 29.5.